The molecule has 0 unspecified atom stereocenters. The quantitative estimate of drug-likeness (QED) is 0.764. The predicted molar refractivity (Wildman–Crippen MR) is 71.9 cm³/mol. The van der Waals surface area contributed by atoms with Gasteiger partial charge in [0.05, 0.1) is 5.52 Å². The molecule has 2 aromatic heterocycles. The average molecular weight is 260 g/mol. The lowest BCUT2D eigenvalue weighted by molar-refractivity contribution is 0.102. The number of nitrogens with zero attached hydrogens (tertiary/aromatic N) is 1. The second kappa shape index (κ2) is 4.27. The lowest BCUT2D eigenvalue weighted by Gasteiger charge is -2.00. The second-order valence-corrected chi connectivity index (χ2v) is 5.61. The molecule has 0 aliphatic carbocycles. The van der Waals surface area contributed by atoms with Gasteiger partial charge in [0.25, 0.3) is 5.91 Å². The average Bonchev–Trinajstić information content (AvgIpc) is 2.90. The van der Waals surface area contributed by atoms with E-state index in [1.165, 1.54) is 11.3 Å². The zero-order valence-electron chi connectivity index (χ0n) is 8.71. The third-order valence-corrected chi connectivity index (χ3v) is 4.29. The Kier molecular flexibility index (Phi) is 2.62. The van der Waals surface area contributed by atoms with Gasteiger partial charge in [-0.1, -0.05) is 29.5 Å². The third-order valence-electron chi connectivity index (χ3n) is 2.28. The zero-order chi connectivity index (χ0) is 11.7. The first-order chi connectivity index (χ1) is 8.33. The molecule has 2 heterocycles. The van der Waals surface area contributed by atoms with Gasteiger partial charge >= 0.3 is 0 Å². The molecule has 0 saturated heterocycles. The zero-order valence-corrected chi connectivity index (χ0v) is 10.3. The number of hydrogen-bond acceptors (Lipinski definition) is 4. The number of thiazole rings is 1. The Morgan fingerprint density at radius 3 is 2.76 bits per heavy atom. The number of rotatable bonds is 2. The number of benzene rings is 1. The highest BCUT2D eigenvalue weighted by Gasteiger charge is 2.09. The van der Waals surface area contributed by atoms with Crippen LogP contribution in [-0.4, -0.2) is 10.9 Å². The largest absolute Gasteiger partial charge is 0.298 e. The summed E-state index contributed by atoms with van der Waals surface area (Å²) in [4.78, 5) is 16.2. The van der Waals surface area contributed by atoms with Crippen LogP contribution in [0.4, 0.5) is 5.13 Å². The van der Waals surface area contributed by atoms with Crippen molar-refractivity contribution >= 4 is 43.2 Å². The first-order valence-electron chi connectivity index (χ1n) is 5.03. The molecule has 17 heavy (non-hydrogen) atoms. The molecule has 3 rings (SSSR count). The van der Waals surface area contributed by atoms with E-state index >= 15 is 0 Å². The van der Waals surface area contributed by atoms with E-state index in [4.69, 9.17) is 0 Å². The maximum atomic E-state index is 11.9. The van der Waals surface area contributed by atoms with Crippen LogP contribution >= 0.6 is 22.7 Å². The highest BCUT2D eigenvalue weighted by atomic mass is 32.2. The van der Waals surface area contributed by atoms with E-state index in [0.717, 1.165) is 9.53 Å². The number of carbonyl (C=O) groups is 1. The maximum absolute atomic E-state index is 11.9. The van der Waals surface area contributed by atoms with Gasteiger partial charge in [-0.05, 0) is 23.6 Å². The third kappa shape index (κ3) is 2.07. The standard InChI is InChI=1S/C12H8N2OS2/c15-10(8-4-2-1-3-5-8)14-12-13-9-6-7-16-11(9)17-12/h1-7H,(H,13,14,15). The Bertz CT molecular complexity index is 629. The number of nitrogens with one attached hydrogen (secondary N) is 1. The van der Waals surface area contributed by atoms with Gasteiger partial charge < -0.3 is 0 Å². The first-order valence-corrected chi connectivity index (χ1v) is 6.73. The molecular weight excluding hydrogens is 252 g/mol. The van der Waals surface area contributed by atoms with Crippen molar-refractivity contribution in [3.05, 3.63) is 47.3 Å². The van der Waals surface area contributed by atoms with Crippen LogP contribution < -0.4 is 5.32 Å². The molecular formula is C12H8N2OS2. The van der Waals surface area contributed by atoms with Crippen molar-refractivity contribution in [3.8, 4) is 0 Å². The minimum absolute atomic E-state index is 0.119. The Balaban J connectivity index is 1.84. The summed E-state index contributed by atoms with van der Waals surface area (Å²) in [6.45, 7) is 0. The number of hydrogen-bond donors (Lipinski definition) is 1. The van der Waals surface area contributed by atoms with Crippen molar-refractivity contribution in [3.63, 3.8) is 0 Å². The van der Waals surface area contributed by atoms with Gasteiger partial charge in [-0.2, -0.15) is 0 Å². The van der Waals surface area contributed by atoms with E-state index in [1.54, 1.807) is 23.5 Å². The molecule has 0 fully saturated rings. The van der Waals surface area contributed by atoms with Gasteiger partial charge in [0.2, 0.25) is 0 Å². The van der Waals surface area contributed by atoms with Gasteiger partial charge in [0.1, 0.15) is 4.01 Å². The molecule has 0 radical (unpaired) electrons. The Morgan fingerprint density at radius 2 is 2.00 bits per heavy atom. The molecule has 0 spiro atoms. The normalized spacial score (nSPS) is 10.6. The number of carbonyl (C=O) groups excluding carboxylic acids is 1. The highest BCUT2D eigenvalue weighted by molar-refractivity contribution is 7.39. The summed E-state index contributed by atoms with van der Waals surface area (Å²) in [5.74, 6) is -0.119. The lowest BCUT2D eigenvalue weighted by Crippen LogP contribution is -2.11. The fraction of sp³-hybridized carbons (Fsp3) is 0. The van der Waals surface area contributed by atoms with Crippen molar-refractivity contribution in [1.82, 2.24) is 4.98 Å². The molecule has 3 aromatic rings. The molecule has 3 nitrogen and oxygen atoms in total. The summed E-state index contributed by atoms with van der Waals surface area (Å²) in [6.07, 6.45) is 0. The SMILES string of the molecule is O=C(Nc1nc2ccsc2s1)c1ccccc1. The van der Waals surface area contributed by atoms with E-state index < -0.39 is 0 Å². The van der Waals surface area contributed by atoms with Gasteiger partial charge in [0, 0.05) is 5.56 Å². The van der Waals surface area contributed by atoms with Gasteiger partial charge in [-0.15, -0.1) is 11.3 Å². The van der Waals surface area contributed by atoms with Gasteiger partial charge in [-0.3, -0.25) is 10.1 Å². The van der Waals surface area contributed by atoms with E-state index in [-0.39, 0.29) is 5.91 Å². The molecule has 1 amide bonds. The van der Waals surface area contributed by atoms with Crippen LogP contribution in [0.3, 0.4) is 0 Å². The summed E-state index contributed by atoms with van der Waals surface area (Å²) < 4.78 is 1.13. The van der Waals surface area contributed by atoms with Crippen molar-refractivity contribution in [2.24, 2.45) is 0 Å². The molecule has 84 valence electrons. The number of aromatic nitrogens is 1. The maximum Gasteiger partial charge on any atom is 0.257 e. The number of anilines is 1. The number of amides is 1. The molecule has 0 bridgehead atoms. The minimum atomic E-state index is -0.119. The molecule has 0 aliphatic heterocycles. The van der Waals surface area contributed by atoms with Crippen molar-refractivity contribution < 1.29 is 4.79 Å². The van der Waals surface area contributed by atoms with Crippen LogP contribution in [0.25, 0.3) is 9.53 Å². The molecule has 5 heteroatoms. The van der Waals surface area contributed by atoms with E-state index in [0.29, 0.717) is 10.7 Å². The summed E-state index contributed by atoms with van der Waals surface area (Å²) >= 11 is 3.14. The smallest absolute Gasteiger partial charge is 0.257 e. The van der Waals surface area contributed by atoms with Gasteiger partial charge in [0.15, 0.2) is 5.13 Å². The molecule has 0 aliphatic rings. The van der Waals surface area contributed by atoms with Crippen LogP contribution in [-0.2, 0) is 0 Å². The Hall–Kier alpha value is -1.72. The first kappa shape index (κ1) is 10.4. The van der Waals surface area contributed by atoms with Crippen molar-refractivity contribution in [2.45, 2.75) is 0 Å². The van der Waals surface area contributed by atoms with Crippen LogP contribution in [0.15, 0.2) is 41.8 Å². The molecule has 0 saturated carbocycles. The number of thiophene rings is 1. The second-order valence-electron chi connectivity index (χ2n) is 3.43. The fourth-order valence-corrected chi connectivity index (χ4v) is 3.31. The van der Waals surface area contributed by atoms with Crippen LogP contribution in [0.2, 0.25) is 0 Å². The van der Waals surface area contributed by atoms with E-state index in [1.807, 2.05) is 29.6 Å². The lowest BCUT2D eigenvalue weighted by atomic mass is 10.2. The Morgan fingerprint density at radius 1 is 1.18 bits per heavy atom. The number of fused-ring (bicyclic) bond motifs is 1. The summed E-state index contributed by atoms with van der Waals surface area (Å²) in [5, 5.41) is 5.46. The van der Waals surface area contributed by atoms with Crippen LogP contribution in [0, 0.1) is 0 Å². The van der Waals surface area contributed by atoms with E-state index in [9.17, 15) is 4.79 Å². The summed E-state index contributed by atoms with van der Waals surface area (Å²) in [6, 6.07) is 11.1. The van der Waals surface area contributed by atoms with E-state index in [2.05, 4.69) is 10.3 Å². The molecule has 1 aromatic carbocycles. The summed E-state index contributed by atoms with van der Waals surface area (Å²) in [7, 11) is 0. The predicted octanol–water partition coefficient (Wildman–Crippen LogP) is 3.61. The topological polar surface area (TPSA) is 42.0 Å². The van der Waals surface area contributed by atoms with Crippen LogP contribution in [0.1, 0.15) is 10.4 Å². The molecule has 1 N–H and O–H groups in total. The Labute approximate surface area is 106 Å². The minimum Gasteiger partial charge on any atom is -0.298 e. The highest BCUT2D eigenvalue weighted by Crippen LogP contribution is 2.30. The molecule has 0 atom stereocenters. The van der Waals surface area contributed by atoms with Gasteiger partial charge in [-0.25, -0.2) is 4.98 Å². The van der Waals surface area contributed by atoms with Crippen molar-refractivity contribution in [2.75, 3.05) is 5.32 Å². The fourth-order valence-electron chi connectivity index (χ4n) is 1.48. The van der Waals surface area contributed by atoms with Crippen LogP contribution in [0.5, 0.6) is 0 Å². The van der Waals surface area contributed by atoms with Crippen molar-refractivity contribution in [1.29, 1.82) is 0 Å². The monoisotopic (exact) mass is 260 g/mol. The summed E-state index contributed by atoms with van der Waals surface area (Å²) in [5.41, 5.74) is 1.59.